The summed E-state index contributed by atoms with van der Waals surface area (Å²) in [6.45, 7) is 7.71. The molecule has 18 heavy (non-hydrogen) atoms. The van der Waals surface area contributed by atoms with Crippen molar-refractivity contribution in [3.63, 3.8) is 0 Å². The molecule has 0 spiro atoms. The Hall–Kier alpha value is -1.58. The lowest BCUT2D eigenvalue weighted by molar-refractivity contribution is 0.0682. The molecule has 1 N–H and O–H groups in total. The van der Waals surface area contributed by atoms with Gasteiger partial charge in [-0.2, -0.15) is 0 Å². The maximum atomic E-state index is 11.3. The van der Waals surface area contributed by atoms with Crippen molar-refractivity contribution in [2.24, 2.45) is 5.92 Å². The quantitative estimate of drug-likeness (QED) is 0.788. The van der Waals surface area contributed by atoms with Crippen molar-refractivity contribution in [2.45, 2.75) is 46.6 Å². The van der Waals surface area contributed by atoms with Gasteiger partial charge in [-0.05, 0) is 38.7 Å². The van der Waals surface area contributed by atoms with E-state index in [9.17, 15) is 9.59 Å². The van der Waals surface area contributed by atoms with E-state index in [0.717, 1.165) is 12.8 Å². The molecule has 0 aliphatic rings. The zero-order chi connectivity index (χ0) is 13.9. The lowest BCUT2D eigenvalue weighted by Crippen LogP contribution is -2.12. The van der Waals surface area contributed by atoms with Gasteiger partial charge in [0, 0.05) is 17.8 Å². The Morgan fingerprint density at radius 1 is 1.28 bits per heavy atom. The number of hydrogen-bond donors (Lipinski definition) is 1. The summed E-state index contributed by atoms with van der Waals surface area (Å²) in [6, 6.07) is 1.54. The highest BCUT2D eigenvalue weighted by atomic mass is 16.4. The monoisotopic (exact) mass is 251 g/mol. The van der Waals surface area contributed by atoms with E-state index in [1.54, 1.807) is 10.8 Å². The number of nitrogens with zero attached hydrogens (tertiary/aromatic N) is 1. The Labute approximate surface area is 108 Å². The highest BCUT2D eigenvalue weighted by Crippen LogP contribution is 2.21. The van der Waals surface area contributed by atoms with Crippen LogP contribution >= 0.6 is 0 Å². The van der Waals surface area contributed by atoms with Crippen molar-refractivity contribution < 1.29 is 14.7 Å². The van der Waals surface area contributed by atoms with Gasteiger partial charge in [0.15, 0.2) is 5.78 Å². The first-order valence-corrected chi connectivity index (χ1v) is 6.29. The van der Waals surface area contributed by atoms with E-state index in [1.165, 1.54) is 13.0 Å². The van der Waals surface area contributed by atoms with Crippen molar-refractivity contribution in [1.82, 2.24) is 4.57 Å². The summed E-state index contributed by atoms with van der Waals surface area (Å²) in [5.74, 6) is -0.505. The number of ketones is 1. The largest absolute Gasteiger partial charge is 0.477 e. The molecule has 0 saturated heterocycles. The highest BCUT2D eigenvalue weighted by Gasteiger charge is 2.18. The molecule has 100 valence electrons. The maximum absolute atomic E-state index is 11.3. The van der Waals surface area contributed by atoms with E-state index < -0.39 is 5.97 Å². The van der Waals surface area contributed by atoms with Crippen LogP contribution in [0.25, 0.3) is 0 Å². The molecule has 0 radical (unpaired) electrons. The molecule has 1 aromatic rings. The Bertz CT molecular complexity index is 446. The van der Waals surface area contributed by atoms with E-state index in [-0.39, 0.29) is 17.5 Å². The van der Waals surface area contributed by atoms with E-state index in [4.69, 9.17) is 5.11 Å². The van der Waals surface area contributed by atoms with Crippen LogP contribution in [-0.4, -0.2) is 21.4 Å². The van der Waals surface area contributed by atoms with Crippen molar-refractivity contribution in [2.75, 3.05) is 0 Å². The van der Waals surface area contributed by atoms with Crippen LogP contribution in [0.3, 0.4) is 0 Å². The summed E-state index contributed by atoms with van der Waals surface area (Å²) < 4.78 is 1.70. The molecule has 0 aliphatic carbocycles. The van der Waals surface area contributed by atoms with Gasteiger partial charge in [-0.1, -0.05) is 13.8 Å². The van der Waals surface area contributed by atoms with E-state index in [0.29, 0.717) is 11.5 Å². The summed E-state index contributed by atoms with van der Waals surface area (Å²) >= 11 is 0. The van der Waals surface area contributed by atoms with Gasteiger partial charge >= 0.3 is 5.97 Å². The number of carbonyl (C=O) groups excluding carboxylic acids is 1. The number of carboxylic acid groups (broad SMARTS) is 1. The normalized spacial score (nSPS) is 12.7. The summed E-state index contributed by atoms with van der Waals surface area (Å²) in [6.07, 6.45) is 3.59. The van der Waals surface area contributed by atoms with Crippen LogP contribution in [0.4, 0.5) is 0 Å². The zero-order valence-corrected chi connectivity index (χ0v) is 11.4. The molecule has 1 aromatic heterocycles. The first-order valence-electron chi connectivity index (χ1n) is 6.29. The molecule has 1 rings (SSSR count). The number of hydrogen-bond acceptors (Lipinski definition) is 2. The van der Waals surface area contributed by atoms with E-state index in [1.807, 2.05) is 6.92 Å². The van der Waals surface area contributed by atoms with Gasteiger partial charge < -0.3 is 9.67 Å². The van der Waals surface area contributed by atoms with Gasteiger partial charge in [0.25, 0.3) is 0 Å². The smallest absolute Gasteiger partial charge is 0.352 e. The average molecular weight is 251 g/mol. The molecule has 4 nitrogen and oxygen atoms in total. The van der Waals surface area contributed by atoms with Gasteiger partial charge in [0.1, 0.15) is 5.69 Å². The number of carbonyl (C=O) groups is 2. The molecule has 1 atom stereocenters. The molecule has 0 saturated carbocycles. The van der Waals surface area contributed by atoms with Gasteiger partial charge in [0.2, 0.25) is 0 Å². The third-order valence-corrected chi connectivity index (χ3v) is 3.11. The fourth-order valence-electron chi connectivity index (χ4n) is 1.92. The second-order valence-electron chi connectivity index (χ2n) is 5.20. The lowest BCUT2D eigenvalue weighted by atomic mass is 10.0. The van der Waals surface area contributed by atoms with Crippen molar-refractivity contribution in [3.8, 4) is 0 Å². The molecular weight excluding hydrogens is 230 g/mol. The first-order chi connectivity index (χ1) is 8.32. The fourth-order valence-corrected chi connectivity index (χ4v) is 1.92. The topological polar surface area (TPSA) is 59.3 Å². The third kappa shape index (κ3) is 3.45. The highest BCUT2D eigenvalue weighted by molar-refractivity contribution is 5.97. The number of rotatable bonds is 6. The van der Waals surface area contributed by atoms with Crippen LogP contribution in [-0.2, 0) is 0 Å². The minimum atomic E-state index is -0.987. The summed E-state index contributed by atoms with van der Waals surface area (Å²) in [7, 11) is 0. The minimum Gasteiger partial charge on any atom is -0.477 e. The van der Waals surface area contributed by atoms with Crippen LogP contribution in [0.15, 0.2) is 12.3 Å². The average Bonchev–Trinajstić information content (AvgIpc) is 2.70. The Morgan fingerprint density at radius 2 is 1.89 bits per heavy atom. The van der Waals surface area contributed by atoms with Crippen molar-refractivity contribution >= 4 is 11.8 Å². The number of carboxylic acids is 1. The van der Waals surface area contributed by atoms with Crippen LogP contribution in [0, 0.1) is 5.92 Å². The van der Waals surface area contributed by atoms with Gasteiger partial charge in [-0.25, -0.2) is 4.79 Å². The molecule has 4 heteroatoms. The Kier molecular flexibility index (Phi) is 4.70. The molecule has 0 aromatic carbocycles. The molecule has 0 fully saturated rings. The zero-order valence-electron chi connectivity index (χ0n) is 11.4. The lowest BCUT2D eigenvalue weighted by Gasteiger charge is -2.16. The molecule has 0 aliphatic heterocycles. The second kappa shape index (κ2) is 5.85. The minimum absolute atomic E-state index is 0.0894. The number of aromatic nitrogens is 1. The number of Topliss-reactive ketones (excluding diaryl/α,β-unsaturated/α-hetero) is 1. The molecule has 1 unspecified atom stereocenters. The molecular formula is C14H21NO3. The van der Waals surface area contributed by atoms with Crippen molar-refractivity contribution in [3.05, 3.63) is 23.5 Å². The maximum Gasteiger partial charge on any atom is 0.352 e. The Morgan fingerprint density at radius 3 is 2.33 bits per heavy atom. The first kappa shape index (κ1) is 14.5. The van der Waals surface area contributed by atoms with Crippen LogP contribution in [0.1, 0.15) is 67.4 Å². The summed E-state index contributed by atoms with van der Waals surface area (Å²) in [4.78, 5) is 22.5. The fraction of sp³-hybridized carbons (Fsp3) is 0.571. The molecule has 0 amide bonds. The number of aromatic carboxylic acids is 1. The van der Waals surface area contributed by atoms with Gasteiger partial charge in [-0.3, -0.25) is 4.79 Å². The predicted molar refractivity (Wildman–Crippen MR) is 70.2 cm³/mol. The van der Waals surface area contributed by atoms with Crippen molar-refractivity contribution in [1.29, 1.82) is 0 Å². The van der Waals surface area contributed by atoms with Gasteiger partial charge in [0.05, 0.1) is 0 Å². The van der Waals surface area contributed by atoms with Crippen LogP contribution in [0.5, 0.6) is 0 Å². The van der Waals surface area contributed by atoms with Crippen LogP contribution in [0.2, 0.25) is 0 Å². The van der Waals surface area contributed by atoms with E-state index in [2.05, 4.69) is 13.8 Å². The SMILES string of the molecule is CC(=O)c1cc(C(=O)O)n(C(C)CCC(C)C)c1. The standard InChI is InChI=1S/C14H21NO3/c1-9(2)5-6-10(3)15-8-12(11(4)16)7-13(15)14(17)18/h7-10H,5-6H2,1-4H3,(H,17,18). The molecule has 1 heterocycles. The second-order valence-corrected chi connectivity index (χ2v) is 5.20. The third-order valence-electron chi connectivity index (χ3n) is 3.11. The summed E-state index contributed by atoms with van der Waals surface area (Å²) in [5, 5.41) is 9.15. The van der Waals surface area contributed by atoms with Gasteiger partial charge in [-0.15, -0.1) is 0 Å². The summed E-state index contributed by atoms with van der Waals surface area (Å²) in [5.41, 5.74) is 0.653. The molecule has 0 bridgehead atoms. The van der Waals surface area contributed by atoms with E-state index >= 15 is 0 Å². The van der Waals surface area contributed by atoms with Crippen LogP contribution < -0.4 is 0 Å². The Balaban J connectivity index is 2.98. The predicted octanol–water partition coefficient (Wildman–Crippen LogP) is 3.39.